The molecule has 26 heavy (non-hydrogen) atoms. The Labute approximate surface area is 152 Å². The minimum Gasteiger partial charge on any atom is -0.459 e. The van der Waals surface area contributed by atoms with E-state index in [9.17, 15) is 14.4 Å². The summed E-state index contributed by atoms with van der Waals surface area (Å²) in [5.74, 6) is 0.434. The summed E-state index contributed by atoms with van der Waals surface area (Å²) in [5, 5.41) is 0. The number of rotatable bonds is 1. The van der Waals surface area contributed by atoms with Gasteiger partial charge >= 0.3 is 0 Å². The first kappa shape index (κ1) is 17.1. The van der Waals surface area contributed by atoms with Crippen molar-refractivity contribution < 1.29 is 18.8 Å². The summed E-state index contributed by atoms with van der Waals surface area (Å²) in [6, 6.07) is 3.39. The zero-order valence-corrected chi connectivity index (χ0v) is 15.4. The number of carbonyl (C=O) groups excluding carboxylic acids is 3. The van der Waals surface area contributed by atoms with Crippen molar-refractivity contribution in [3.05, 3.63) is 24.2 Å². The summed E-state index contributed by atoms with van der Waals surface area (Å²) in [4.78, 5) is 43.1. The molecular formula is C19H25N3O4. The third-order valence-corrected chi connectivity index (χ3v) is 6.78. The predicted molar refractivity (Wildman–Crippen MR) is 93.2 cm³/mol. The molecule has 4 rings (SSSR count). The lowest BCUT2D eigenvalue weighted by molar-refractivity contribution is -0.141. The predicted octanol–water partition coefficient (Wildman–Crippen LogP) is 1.21. The van der Waals surface area contributed by atoms with Crippen LogP contribution in [0.4, 0.5) is 0 Å². The van der Waals surface area contributed by atoms with Gasteiger partial charge in [-0.2, -0.15) is 0 Å². The van der Waals surface area contributed by atoms with Gasteiger partial charge in [0.25, 0.3) is 5.91 Å². The van der Waals surface area contributed by atoms with Gasteiger partial charge in [0.05, 0.1) is 11.7 Å². The Kier molecular flexibility index (Phi) is 3.86. The van der Waals surface area contributed by atoms with E-state index >= 15 is 0 Å². The third kappa shape index (κ3) is 2.29. The van der Waals surface area contributed by atoms with Crippen molar-refractivity contribution in [1.82, 2.24) is 14.7 Å². The second-order valence-electron chi connectivity index (χ2n) is 7.98. The fourth-order valence-electron chi connectivity index (χ4n) is 5.19. The van der Waals surface area contributed by atoms with Crippen LogP contribution in [0.15, 0.2) is 22.8 Å². The highest BCUT2D eigenvalue weighted by Gasteiger charge is 2.65. The van der Waals surface area contributed by atoms with Crippen molar-refractivity contribution in [3.8, 4) is 0 Å². The molecule has 3 saturated heterocycles. The van der Waals surface area contributed by atoms with Crippen LogP contribution in [0.2, 0.25) is 0 Å². The molecule has 140 valence electrons. The molecule has 4 heterocycles. The first-order valence-corrected chi connectivity index (χ1v) is 9.22. The maximum atomic E-state index is 13.1. The van der Waals surface area contributed by atoms with E-state index in [1.807, 2.05) is 11.9 Å². The van der Waals surface area contributed by atoms with Crippen molar-refractivity contribution >= 4 is 17.7 Å². The Morgan fingerprint density at radius 1 is 1.08 bits per heavy atom. The fraction of sp³-hybridized carbons (Fsp3) is 0.632. The zero-order valence-electron chi connectivity index (χ0n) is 15.4. The van der Waals surface area contributed by atoms with Crippen LogP contribution < -0.4 is 0 Å². The Balaban J connectivity index is 1.58. The van der Waals surface area contributed by atoms with Crippen LogP contribution in [0.3, 0.4) is 0 Å². The van der Waals surface area contributed by atoms with Crippen molar-refractivity contribution in [3.63, 3.8) is 0 Å². The molecule has 0 aliphatic carbocycles. The minimum absolute atomic E-state index is 0.0256. The number of nitrogens with zero attached hydrogens (tertiary/aromatic N) is 3. The molecule has 3 fully saturated rings. The second kappa shape index (κ2) is 5.86. The molecule has 0 radical (unpaired) electrons. The molecule has 3 amide bonds. The van der Waals surface area contributed by atoms with Gasteiger partial charge in [-0.15, -0.1) is 0 Å². The van der Waals surface area contributed by atoms with E-state index < -0.39 is 5.41 Å². The van der Waals surface area contributed by atoms with Gasteiger partial charge < -0.3 is 19.1 Å². The van der Waals surface area contributed by atoms with Crippen LogP contribution in [0, 0.1) is 10.8 Å². The van der Waals surface area contributed by atoms with Gasteiger partial charge in [-0.3, -0.25) is 14.4 Å². The molecule has 3 aliphatic rings. The summed E-state index contributed by atoms with van der Waals surface area (Å²) in [7, 11) is 1.84. The van der Waals surface area contributed by atoms with Gasteiger partial charge in [-0.1, -0.05) is 0 Å². The molecule has 0 unspecified atom stereocenters. The number of carbonyl (C=O) groups is 3. The van der Waals surface area contributed by atoms with Gasteiger partial charge in [-0.05, 0) is 31.4 Å². The number of hydrogen-bond donors (Lipinski definition) is 0. The summed E-state index contributed by atoms with van der Waals surface area (Å²) in [6.45, 7) is 4.61. The number of amides is 3. The second-order valence-corrected chi connectivity index (χ2v) is 7.98. The smallest absolute Gasteiger partial charge is 0.289 e. The Morgan fingerprint density at radius 3 is 2.35 bits per heavy atom. The molecule has 1 aromatic heterocycles. The van der Waals surface area contributed by atoms with Gasteiger partial charge in [0.2, 0.25) is 11.8 Å². The van der Waals surface area contributed by atoms with Crippen molar-refractivity contribution in [2.24, 2.45) is 10.8 Å². The summed E-state index contributed by atoms with van der Waals surface area (Å²) >= 11 is 0. The fourth-order valence-corrected chi connectivity index (χ4v) is 5.19. The number of piperidine rings is 1. The van der Waals surface area contributed by atoms with Crippen molar-refractivity contribution in [2.45, 2.75) is 26.2 Å². The Morgan fingerprint density at radius 2 is 1.81 bits per heavy atom. The van der Waals surface area contributed by atoms with Gasteiger partial charge in [0, 0.05) is 52.1 Å². The lowest BCUT2D eigenvalue weighted by Gasteiger charge is -2.46. The molecule has 3 aliphatic heterocycles. The largest absolute Gasteiger partial charge is 0.459 e. The molecule has 1 atom stereocenters. The maximum absolute atomic E-state index is 13.1. The maximum Gasteiger partial charge on any atom is 0.289 e. The Hall–Kier alpha value is -2.31. The van der Waals surface area contributed by atoms with E-state index in [4.69, 9.17) is 4.42 Å². The van der Waals surface area contributed by atoms with Gasteiger partial charge in [-0.25, -0.2) is 0 Å². The topological polar surface area (TPSA) is 74.1 Å². The molecule has 0 N–H and O–H groups in total. The molecule has 7 heteroatoms. The van der Waals surface area contributed by atoms with E-state index in [-0.39, 0.29) is 23.1 Å². The molecule has 0 aromatic carbocycles. The Bertz CT molecular complexity index is 736. The quantitative estimate of drug-likeness (QED) is 0.755. The van der Waals surface area contributed by atoms with Crippen LogP contribution in [0.1, 0.15) is 36.7 Å². The summed E-state index contributed by atoms with van der Waals surface area (Å²) in [6.07, 6.45) is 3.77. The standard InChI is InChI=1S/C19H25N3O4/c1-14(23)22-12-18(19(13-22)7-8-20(2)17(19)25)5-9-21(10-6-18)16(24)15-4-3-11-26-15/h3-4,11H,5-10,12-13H2,1-2H3/t19-/m0/s1. The minimum atomic E-state index is -0.493. The third-order valence-electron chi connectivity index (χ3n) is 6.78. The monoisotopic (exact) mass is 359 g/mol. The van der Waals surface area contributed by atoms with E-state index in [0.717, 1.165) is 25.8 Å². The highest BCUT2D eigenvalue weighted by molar-refractivity contribution is 5.92. The SMILES string of the molecule is CC(=O)N1CC2(CCN(C(=O)c3ccco3)CC2)[C@@]2(CCN(C)C2=O)C1. The molecule has 0 saturated carbocycles. The van der Waals surface area contributed by atoms with Crippen LogP contribution in [-0.4, -0.2) is 72.2 Å². The van der Waals surface area contributed by atoms with E-state index in [2.05, 4.69) is 0 Å². The van der Waals surface area contributed by atoms with Gasteiger partial charge in [0.15, 0.2) is 5.76 Å². The molecule has 7 nitrogen and oxygen atoms in total. The molecule has 2 spiro atoms. The first-order valence-electron chi connectivity index (χ1n) is 9.22. The average molecular weight is 359 g/mol. The molecular weight excluding hydrogens is 334 g/mol. The zero-order chi connectivity index (χ0) is 18.5. The van der Waals surface area contributed by atoms with E-state index in [1.54, 1.807) is 28.9 Å². The summed E-state index contributed by atoms with van der Waals surface area (Å²) < 4.78 is 5.23. The highest BCUT2D eigenvalue weighted by atomic mass is 16.3. The number of likely N-dealkylation sites (tertiary alicyclic amines) is 3. The molecule has 1 aromatic rings. The lowest BCUT2D eigenvalue weighted by atomic mass is 9.60. The first-order chi connectivity index (χ1) is 12.4. The normalized spacial score (nSPS) is 27.8. The van der Waals surface area contributed by atoms with Crippen molar-refractivity contribution in [1.29, 1.82) is 0 Å². The van der Waals surface area contributed by atoms with Crippen LogP contribution in [0.5, 0.6) is 0 Å². The average Bonchev–Trinajstić information content (AvgIpc) is 3.33. The van der Waals surface area contributed by atoms with E-state index in [0.29, 0.717) is 31.9 Å². The van der Waals surface area contributed by atoms with Crippen LogP contribution >= 0.6 is 0 Å². The van der Waals surface area contributed by atoms with Gasteiger partial charge in [0.1, 0.15) is 0 Å². The van der Waals surface area contributed by atoms with Crippen LogP contribution in [-0.2, 0) is 9.59 Å². The van der Waals surface area contributed by atoms with Crippen molar-refractivity contribution in [2.75, 3.05) is 39.8 Å². The number of fused-ring (bicyclic) bond motifs is 1. The van der Waals surface area contributed by atoms with Crippen LogP contribution in [0.25, 0.3) is 0 Å². The number of hydrogen-bond acceptors (Lipinski definition) is 4. The number of furan rings is 1. The molecule has 0 bridgehead atoms. The summed E-state index contributed by atoms with van der Waals surface area (Å²) in [5.41, 5.74) is -0.728. The highest BCUT2D eigenvalue weighted by Crippen LogP contribution is 2.57. The lowest BCUT2D eigenvalue weighted by Crippen LogP contribution is -2.53. The van der Waals surface area contributed by atoms with E-state index in [1.165, 1.54) is 6.26 Å².